The van der Waals surface area contributed by atoms with Crippen LogP contribution in [0.5, 0.6) is 0 Å². The molecule has 1 atom stereocenters. The Balaban J connectivity index is 1.82. The Hall–Kier alpha value is -2.67. The number of hydrogen-bond donors (Lipinski definition) is 1. The highest BCUT2D eigenvalue weighted by Gasteiger charge is 2.33. The first-order valence-electron chi connectivity index (χ1n) is 9.35. The number of sulfone groups is 1. The van der Waals surface area contributed by atoms with Crippen LogP contribution in [0.3, 0.4) is 0 Å². The van der Waals surface area contributed by atoms with Gasteiger partial charge in [-0.25, -0.2) is 8.42 Å². The molecule has 1 fully saturated rings. The van der Waals surface area contributed by atoms with E-state index in [-0.39, 0.29) is 33.9 Å². The molecule has 2 aromatic rings. The highest BCUT2D eigenvalue weighted by atomic mass is 32.2. The lowest BCUT2D eigenvalue weighted by Gasteiger charge is -2.18. The molecule has 0 bridgehead atoms. The zero-order chi connectivity index (χ0) is 20.1. The molecule has 1 heterocycles. The zero-order valence-electron chi connectivity index (χ0n) is 15.8. The summed E-state index contributed by atoms with van der Waals surface area (Å²) in [5.41, 5.74) is 0.831. The SMILES string of the molecule is CCNC(=O)C1CCN(C(=O)c2ccccc2S(=O)(=O)Cc2ccccc2)C1. The molecule has 148 valence electrons. The third-order valence-electron chi connectivity index (χ3n) is 4.85. The summed E-state index contributed by atoms with van der Waals surface area (Å²) in [5, 5.41) is 2.78. The predicted octanol–water partition coefficient (Wildman–Crippen LogP) is 2.26. The van der Waals surface area contributed by atoms with E-state index in [1.807, 2.05) is 13.0 Å². The number of carbonyl (C=O) groups is 2. The maximum absolute atomic E-state index is 13.0. The van der Waals surface area contributed by atoms with Crippen LogP contribution in [0.25, 0.3) is 0 Å². The number of nitrogens with one attached hydrogen (secondary N) is 1. The Morgan fingerprint density at radius 3 is 2.46 bits per heavy atom. The van der Waals surface area contributed by atoms with Gasteiger partial charge in [-0.05, 0) is 31.0 Å². The summed E-state index contributed by atoms with van der Waals surface area (Å²) < 4.78 is 25.9. The van der Waals surface area contributed by atoms with Gasteiger partial charge in [-0.15, -0.1) is 0 Å². The molecule has 3 rings (SSSR count). The van der Waals surface area contributed by atoms with Crippen molar-refractivity contribution in [3.8, 4) is 0 Å². The molecule has 2 amide bonds. The van der Waals surface area contributed by atoms with E-state index in [0.717, 1.165) is 0 Å². The summed E-state index contributed by atoms with van der Waals surface area (Å²) >= 11 is 0. The molecule has 1 saturated heterocycles. The van der Waals surface area contributed by atoms with Crippen molar-refractivity contribution in [2.24, 2.45) is 5.92 Å². The van der Waals surface area contributed by atoms with Gasteiger partial charge in [0, 0.05) is 19.6 Å². The van der Waals surface area contributed by atoms with Crippen LogP contribution in [-0.4, -0.2) is 44.8 Å². The van der Waals surface area contributed by atoms with Crippen molar-refractivity contribution in [2.75, 3.05) is 19.6 Å². The Morgan fingerprint density at radius 1 is 1.07 bits per heavy atom. The molecule has 0 aromatic heterocycles. The Kier molecular flexibility index (Phi) is 6.14. The van der Waals surface area contributed by atoms with Crippen molar-refractivity contribution in [2.45, 2.75) is 24.0 Å². The number of likely N-dealkylation sites (tertiary alicyclic amines) is 1. The molecular weight excluding hydrogens is 376 g/mol. The van der Waals surface area contributed by atoms with Crippen LogP contribution < -0.4 is 5.32 Å². The van der Waals surface area contributed by atoms with Gasteiger partial charge in [-0.3, -0.25) is 9.59 Å². The minimum Gasteiger partial charge on any atom is -0.356 e. The van der Waals surface area contributed by atoms with E-state index in [9.17, 15) is 18.0 Å². The third kappa shape index (κ3) is 4.42. The standard InChI is InChI=1S/C21H24N2O4S/c1-2-22-20(24)17-12-13-23(14-17)21(25)18-10-6-7-11-19(18)28(26,27)15-16-8-4-3-5-9-16/h3-11,17H,2,12-15H2,1H3,(H,22,24). The Bertz CT molecular complexity index is 957. The van der Waals surface area contributed by atoms with E-state index in [1.54, 1.807) is 47.4 Å². The number of hydrogen-bond acceptors (Lipinski definition) is 4. The van der Waals surface area contributed by atoms with Gasteiger partial charge in [0.1, 0.15) is 0 Å². The molecule has 7 heteroatoms. The fraction of sp³-hybridized carbons (Fsp3) is 0.333. The van der Waals surface area contributed by atoms with Crippen LogP contribution in [0.4, 0.5) is 0 Å². The lowest BCUT2D eigenvalue weighted by Crippen LogP contribution is -2.35. The lowest BCUT2D eigenvalue weighted by molar-refractivity contribution is -0.124. The summed E-state index contributed by atoms with van der Waals surface area (Å²) in [6, 6.07) is 15.2. The zero-order valence-corrected chi connectivity index (χ0v) is 16.6. The second-order valence-corrected chi connectivity index (χ2v) is 8.83. The predicted molar refractivity (Wildman–Crippen MR) is 106 cm³/mol. The average molecular weight is 401 g/mol. The largest absolute Gasteiger partial charge is 0.356 e. The molecule has 28 heavy (non-hydrogen) atoms. The van der Waals surface area contributed by atoms with Crippen LogP contribution in [0.1, 0.15) is 29.3 Å². The minimum absolute atomic E-state index is 0.0327. The topological polar surface area (TPSA) is 83.6 Å². The summed E-state index contributed by atoms with van der Waals surface area (Å²) in [6.07, 6.45) is 0.580. The van der Waals surface area contributed by atoms with E-state index < -0.39 is 9.84 Å². The molecule has 0 saturated carbocycles. The maximum atomic E-state index is 13.0. The van der Waals surface area contributed by atoms with Crippen LogP contribution in [0.2, 0.25) is 0 Å². The number of nitrogens with zero attached hydrogens (tertiary/aromatic N) is 1. The molecule has 2 aromatic carbocycles. The Morgan fingerprint density at radius 2 is 1.75 bits per heavy atom. The molecule has 0 aliphatic carbocycles. The fourth-order valence-corrected chi connectivity index (χ4v) is 5.00. The minimum atomic E-state index is -3.68. The van der Waals surface area contributed by atoms with E-state index in [2.05, 4.69) is 5.32 Å². The summed E-state index contributed by atoms with van der Waals surface area (Å²) in [4.78, 5) is 26.7. The van der Waals surface area contributed by atoms with Gasteiger partial charge in [0.2, 0.25) is 5.91 Å². The molecule has 0 spiro atoms. The molecule has 1 aliphatic heterocycles. The first-order valence-corrected chi connectivity index (χ1v) is 11.0. The molecular formula is C21H24N2O4S. The van der Waals surface area contributed by atoms with Crippen molar-refractivity contribution in [1.29, 1.82) is 0 Å². The summed E-state index contributed by atoms with van der Waals surface area (Å²) in [5.74, 6) is -0.835. The van der Waals surface area contributed by atoms with Gasteiger partial charge in [-0.1, -0.05) is 42.5 Å². The van der Waals surface area contributed by atoms with Crippen molar-refractivity contribution in [3.05, 3.63) is 65.7 Å². The second-order valence-electron chi connectivity index (χ2n) is 6.87. The molecule has 1 N–H and O–H groups in total. The van der Waals surface area contributed by atoms with Gasteiger partial charge < -0.3 is 10.2 Å². The van der Waals surface area contributed by atoms with Gasteiger partial charge >= 0.3 is 0 Å². The third-order valence-corrected chi connectivity index (χ3v) is 6.59. The molecule has 1 aliphatic rings. The average Bonchev–Trinajstić information content (AvgIpc) is 3.18. The lowest BCUT2D eigenvalue weighted by atomic mass is 10.1. The van der Waals surface area contributed by atoms with Gasteiger partial charge in [0.15, 0.2) is 9.84 Å². The highest BCUT2D eigenvalue weighted by molar-refractivity contribution is 7.90. The van der Waals surface area contributed by atoms with Gasteiger partial charge in [0.05, 0.1) is 22.1 Å². The summed E-state index contributed by atoms with van der Waals surface area (Å²) in [6.45, 7) is 3.14. The van der Waals surface area contributed by atoms with E-state index in [4.69, 9.17) is 0 Å². The summed E-state index contributed by atoms with van der Waals surface area (Å²) in [7, 11) is -3.68. The highest BCUT2D eigenvalue weighted by Crippen LogP contribution is 2.25. The number of benzene rings is 2. The van der Waals surface area contributed by atoms with Crippen molar-refractivity contribution >= 4 is 21.7 Å². The maximum Gasteiger partial charge on any atom is 0.255 e. The molecule has 1 unspecified atom stereocenters. The van der Waals surface area contributed by atoms with E-state index >= 15 is 0 Å². The normalized spacial score (nSPS) is 16.8. The molecule has 6 nitrogen and oxygen atoms in total. The van der Waals surface area contributed by atoms with Crippen LogP contribution in [0, 0.1) is 5.92 Å². The Labute approximate surface area is 165 Å². The van der Waals surface area contributed by atoms with Crippen LogP contribution in [-0.2, 0) is 20.4 Å². The van der Waals surface area contributed by atoms with E-state index in [1.165, 1.54) is 6.07 Å². The molecule has 0 radical (unpaired) electrons. The van der Waals surface area contributed by atoms with Crippen LogP contribution in [0.15, 0.2) is 59.5 Å². The first-order chi connectivity index (χ1) is 13.4. The van der Waals surface area contributed by atoms with E-state index in [0.29, 0.717) is 31.6 Å². The number of carbonyl (C=O) groups excluding carboxylic acids is 2. The smallest absolute Gasteiger partial charge is 0.255 e. The van der Waals surface area contributed by atoms with Gasteiger partial charge in [0.25, 0.3) is 5.91 Å². The first kappa shape index (κ1) is 20.1. The number of amides is 2. The number of rotatable bonds is 6. The second kappa shape index (κ2) is 8.56. The van der Waals surface area contributed by atoms with Crippen molar-refractivity contribution < 1.29 is 18.0 Å². The van der Waals surface area contributed by atoms with Gasteiger partial charge in [-0.2, -0.15) is 0 Å². The van der Waals surface area contributed by atoms with Crippen molar-refractivity contribution in [1.82, 2.24) is 10.2 Å². The van der Waals surface area contributed by atoms with Crippen LogP contribution >= 0.6 is 0 Å². The quantitative estimate of drug-likeness (QED) is 0.806. The fourth-order valence-electron chi connectivity index (χ4n) is 3.43. The van der Waals surface area contributed by atoms with Crippen molar-refractivity contribution in [3.63, 3.8) is 0 Å². The monoisotopic (exact) mass is 400 g/mol.